The Morgan fingerprint density at radius 1 is 1.00 bits per heavy atom. The molecule has 0 spiro atoms. The van der Waals surface area contributed by atoms with Gasteiger partial charge in [0.05, 0.1) is 0 Å². The molecule has 0 N–H and O–H groups in total. The lowest BCUT2D eigenvalue weighted by Crippen LogP contribution is -2.43. The molecule has 0 aromatic carbocycles. The van der Waals surface area contributed by atoms with Gasteiger partial charge in [0.15, 0.2) is 0 Å². The van der Waals surface area contributed by atoms with Crippen LogP contribution in [0.4, 0.5) is 0 Å². The largest absolute Gasteiger partial charge is 0.305 e. The number of hydrogen-bond donors (Lipinski definition) is 0. The van der Waals surface area contributed by atoms with Crippen LogP contribution in [0.2, 0.25) is 0 Å². The summed E-state index contributed by atoms with van der Waals surface area (Å²) in [5.41, 5.74) is 0. The molecule has 1 saturated carbocycles. The smallest absolute Gasteiger partial charge is 0.271 e. The van der Waals surface area contributed by atoms with Crippen LogP contribution < -0.4 is 0 Å². The normalized spacial score (nSPS) is 34.5. The van der Waals surface area contributed by atoms with E-state index in [1.807, 2.05) is 0 Å². The van der Waals surface area contributed by atoms with Gasteiger partial charge in [-0.15, -0.1) is 0 Å². The summed E-state index contributed by atoms with van der Waals surface area (Å²) < 4.78 is 17.1. The quantitative estimate of drug-likeness (QED) is 0.711. The van der Waals surface area contributed by atoms with Crippen molar-refractivity contribution < 1.29 is 4.57 Å². The molecule has 1 saturated heterocycles. The zero-order chi connectivity index (χ0) is 12.8. The van der Waals surface area contributed by atoms with Gasteiger partial charge in [0.1, 0.15) is 0 Å². The van der Waals surface area contributed by atoms with Gasteiger partial charge in [0.2, 0.25) is 0 Å². The molecule has 100 valence electrons. The number of nitrogens with zero attached hydrogens (tertiary/aromatic N) is 2. The molecule has 2 aliphatic rings. The van der Waals surface area contributed by atoms with E-state index in [-0.39, 0.29) is 12.1 Å². The summed E-state index contributed by atoms with van der Waals surface area (Å²) in [6.45, 7) is 5.56. The first kappa shape index (κ1) is 13.9. The lowest BCUT2D eigenvalue weighted by Gasteiger charge is -2.33. The molecular weight excluding hydrogens is 255 g/mol. The van der Waals surface area contributed by atoms with Crippen molar-refractivity contribution in [1.82, 2.24) is 9.34 Å². The van der Waals surface area contributed by atoms with Gasteiger partial charge in [-0.2, -0.15) is 0 Å². The van der Waals surface area contributed by atoms with E-state index >= 15 is 0 Å². The third kappa shape index (κ3) is 2.20. The first-order valence-corrected chi connectivity index (χ1v) is 9.26. The fourth-order valence-corrected chi connectivity index (χ4v) is 7.90. The monoisotopic (exact) mass is 278 g/mol. The van der Waals surface area contributed by atoms with Crippen molar-refractivity contribution >= 4 is 18.0 Å². The highest BCUT2D eigenvalue weighted by Crippen LogP contribution is 2.68. The Morgan fingerprint density at radius 2 is 1.35 bits per heavy atom. The van der Waals surface area contributed by atoms with Gasteiger partial charge in [-0.1, -0.05) is 12.8 Å². The number of halogens is 1. The molecule has 0 aromatic rings. The number of rotatable bonds is 2. The van der Waals surface area contributed by atoms with E-state index in [0.29, 0.717) is 12.1 Å². The summed E-state index contributed by atoms with van der Waals surface area (Å²) >= 11 is 6.47. The summed E-state index contributed by atoms with van der Waals surface area (Å²) in [6.07, 6.45) is 4.77. The van der Waals surface area contributed by atoms with Crippen molar-refractivity contribution in [3.63, 3.8) is 0 Å². The van der Waals surface area contributed by atoms with Crippen molar-refractivity contribution in [2.45, 2.75) is 77.5 Å². The standard InChI is InChI=1S/C12H24ClN2OP/c1-9(2)14-11-7-5-6-8-12(11)15(10(3)4)17(14,13)16/h9-12H,5-8H2,1-4H3/t11-,12-/m1/s1. The van der Waals surface area contributed by atoms with E-state index in [1.54, 1.807) is 0 Å². The first-order chi connectivity index (χ1) is 7.87. The molecule has 0 unspecified atom stereocenters. The first-order valence-electron chi connectivity index (χ1n) is 6.74. The second kappa shape index (κ2) is 4.85. The van der Waals surface area contributed by atoms with Crippen LogP contribution in [-0.4, -0.2) is 33.5 Å². The molecule has 1 aliphatic carbocycles. The zero-order valence-electron chi connectivity index (χ0n) is 11.3. The van der Waals surface area contributed by atoms with E-state index in [2.05, 4.69) is 37.0 Å². The number of fused-ring (bicyclic) bond motifs is 1. The highest BCUT2D eigenvalue weighted by Gasteiger charge is 2.55. The molecule has 2 fully saturated rings. The average Bonchev–Trinajstić information content (AvgIpc) is 2.42. The van der Waals surface area contributed by atoms with Crippen LogP contribution in [0.15, 0.2) is 0 Å². The van der Waals surface area contributed by atoms with Gasteiger partial charge < -0.3 is 0 Å². The molecule has 0 bridgehead atoms. The van der Waals surface area contributed by atoms with Gasteiger partial charge in [0, 0.05) is 24.2 Å². The molecule has 0 aromatic heterocycles. The average molecular weight is 279 g/mol. The van der Waals surface area contributed by atoms with Gasteiger partial charge in [-0.05, 0) is 51.8 Å². The minimum absolute atomic E-state index is 0.257. The fourth-order valence-electron chi connectivity index (χ4n) is 3.53. The van der Waals surface area contributed by atoms with Crippen LogP contribution in [0.5, 0.6) is 0 Å². The Kier molecular flexibility index (Phi) is 3.95. The molecule has 3 nitrogen and oxygen atoms in total. The molecule has 2 rings (SSSR count). The maximum Gasteiger partial charge on any atom is 0.305 e. The fraction of sp³-hybridized carbons (Fsp3) is 1.00. The second-order valence-corrected chi connectivity index (χ2v) is 9.03. The number of hydrogen-bond acceptors (Lipinski definition) is 1. The molecule has 17 heavy (non-hydrogen) atoms. The third-order valence-corrected chi connectivity index (χ3v) is 7.71. The molecule has 5 heteroatoms. The zero-order valence-corrected chi connectivity index (χ0v) is 12.9. The maximum absolute atomic E-state index is 12.9. The molecule has 0 radical (unpaired) electrons. The van der Waals surface area contributed by atoms with Crippen LogP contribution in [-0.2, 0) is 4.57 Å². The van der Waals surface area contributed by atoms with Crippen molar-refractivity contribution in [3.8, 4) is 0 Å². The van der Waals surface area contributed by atoms with E-state index in [9.17, 15) is 4.57 Å². The Balaban J connectivity index is 2.38. The van der Waals surface area contributed by atoms with Gasteiger partial charge in [-0.25, -0.2) is 9.34 Å². The molecule has 1 heterocycles. The van der Waals surface area contributed by atoms with E-state index in [1.165, 1.54) is 12.8 Å². The summed E-state index contributed by atoms with van der Waals surface area (Å²) in [5.74, 6) is 0. The van der Waals surface area contributed by atoms with Gasteiger partial charge in [-0.3, -0.25) is 4.57 Å². The van der Waals surface area contributed by atoms with Gasteiger partial charge >= 0.3 is 6.80 Å². The van der Waals surface area contributed by atoms with E-state index in [4.69, 9.17) is 11.2 Å². The topological polar surface area (TPSA) is 23.6 Å². The lowest BCUT2D eigenvalue weighted by atomic mass is 9.89. The third-order valence-electron chi connectivity index (χ3n) is 4.00. The molecule has 1 aliphatic heterocycles. The van der Waals surface area contributed by atoms with E-state index < -0.39 is 6.80 Å². The second-order valence-electron chi connectivity index (χ2n) is 5.84. The minimum atomic E-state index is -2.84. The minimum Gasteiger partial charge on any atom is -0.271 e. The van der Waals surface area contributed by atoms with Crippen molar-refractivity contribution in [2.24, 2.45) is 0 Å². The van der Waals surface area contributed by atoms with Crippen molar-refractivity contribution in [1.29, 1.82) is 0 Å². The lowest BCUT2D eigenvalue weighted by molar-refractivity contribution is 0.173. The highest BCUT2D eigenvalue weighted by atomic mass is 35.7. The SMILES string of the molecule is CC(C)N1[C@@H]2CCCC[C@H]2N(C(C)C)P1(=O)Cl. The Morgan fingerprint density at radius 3 is 1.65 bits per heavy atom. The van der Waals surface area contributed by atoms with Crippen LogP contribution in [0.1, 0.15) is 53.4 Å². The summed E-state index contributed by atoms with van der Waals surface area (Å²) in [7, 11) is 0. The summed E-state index contributed by atoms with van der Waals surface area (Å²) in [6, 6.07) is 1.31. The summed E-state index contributed by atoms with van der Waals surface area (Å²) in [5, 5.41) is 0. The summed E-state index contributed by atoms with van der Waals surface area (Å²) in [4.78, 5) is 0. The van der Waals surface area contributed by atoms with Crippen molar-refractivity contribution in [2.75, 3.05) is 0 Å². The van der Waals surface area contributed by atoms with E-state index in [0.717, 1.165) is 12.8 Å². The van der Waals surface area contributed by atoms with Gasteiger partial charge in [0.25, 0.3) is 0 Å². The highest BCUT2D eigenvalue weighted by molar-refractivity contribution is 7.85. The predicted molar refractivity (Wildman–Crippen MR) is 73.5 cm³/mol. The Bertz CT molecular complexity index is 306. The molecular formula is C12H24ClN2OP. The van der Waals surface area contributed by atoms with Crippen LogP contribution in [0.3, 0.4) is 0 Å². The Hall–Kier alpha value is 0.440. The molecule has 2 atom stereocenters. The Labute approximate surface area is 110 Å². The van der Waals surface area contributed by atoms with Crippen molar-refractivity contribution in [3.05, 3.63) is 0 Å². The van der Waals surface area contributed by atoms with Crippen LogP contribution in [0.25, 0.3) is 0 Å². The van der Waals surface area contributed by atoms with Crippen LogP contribution >= 0.6 is 18.0 Å². The maximum atomic E-state index is 12.9. The molecule has 0 amide bonds. The predicted octanol–water partition coefficient (Wildman–Crippen LogP) is 4.08. The van der Waals surface area contributed by atoms with Crippen LogP contribution in [0, 0.1) is 0 Å².